The lowest BCUT2D eigenvalue weighted by Gasteiger charge is -2.59. The van der Waals surface area contributed by atoms with Crippen molar-refractivity contribution in [3.05, 3.63) is 0 Å². The van der Waals surface area contributed by atoms with E-state index < -0.39 is 0 Å². The maximum absolute atomic E-state index is 13.3. The molecule has 0 aromatic heterocycles. The minimum Gasteiger partial charge on any atom is -0.395 e. The Balaban J connectivity index is 1.44. The van der Waals surface area contributed by atoms with Gasteiger partial charge in [0, 0.05) is 36.9 Å². The van der Waals surface area contributed by atoms with E-state index in [2.05, 4.69) is 23.9 Å². The standard InChI is InChI=1S/C24H38N2O3/c1-23-9-7-16(15-25-29-12-11-26(3)4)13-20(23)21(27)14-17-18-5-6-22(28)24(18,2)10-8-19(17)23/h15-20H,5-14H2,1-4H3/b25-15-/t16-,17-,18-,19-,20+,23+,24-/m0/s1. The van der Waals surface area contributed by atoms with Gasteiger partial charge >= 0.3 is 0 Å². The van der Waals surface area contributed by atoms with Crippen LogP contribution >= 0.6 is 0 Å². The van der Waals surface area contributed by atoms with Crippen LogP contribution in [-0.2, 0) is 14.4 Å². The lowest BCUT2D eigenvalue weighted by atomic mass is 9.44. The van der Waals surface area contributed by atoms with Gasteiger partial charge < -0.3 is 9.74 Å². The maximum Gasteiger partial charge on any atom is 0.139 e. The number of carbonyl (C=O) groups is 2. The number of rotatable bonds is 5. The summed E-state index contributed by atoms with van der Waals surface area (Å²) in [6.07, 6.45) is 9.62. The summed E-state index contributed by atoms with van der Waals surface area (Å²) in [7, 11) is 4.04. The predicted octanol–water partition coefficient (Wildman–Crippen LogP) is 3.96. The number of carbonyl (C=O) groups excluding carboxylic acids is 2. The molecule has 0 amide bonds. The van der Waals surface area contributed by atoms with Crippen molar-refractivity contribution in [3.8, 4) is 0 Å². The van der Waals surface area contributed by atoms with Gasteiger partial charge in [-0.1, -0.05) is 19.0 Å². The minimum absolute atomic E-state index is 0.100. The van der Waals surface area contributed by atoms with E-state index in [1.807, 2.05) is 20.3 Å². The summed E-state index contributed by atoms with van der Waals surface area (Å²) in [5.41, 5.74) is -0.0541. The van der Waals surface area contributed by atoms with E-state index in [4.69, 9.17) is 4.84 Å². The Hall–Kier alpha value is -1.23. The first-order chi connectivity index (χ1) is 13.8. The Labute approximate surface area is 175 Å². The highest BCUT2D eigenvalue weighted by Crippen LogP contribution is 2.65. The Kier molecular flexibility index (Phi) is 5.65. The van der Waals surface area contributed by atoms with Gasteiger partial charge in [-0.25, -0.2) is 0 Å². The number of nitrogens with zero attached hydrogens (tertiary/aromatic N) is 2. The summed E-state index contributed by atoms with van der Waals surface area (Å²) >= 11 is 0. The number of Topliss-reactive ketones (excluding diaryl/α,β-unsaturated/α-hetero) is 2. The van der Waals surface area contributed by atoms with Crippen molar-refractivity contribution in [2.45, 2.75) is 65.2 Å². The van der Waals surface area contributed by atoms with Crippen LogP contribution in [0.3, 0.4) is 0 Å². The highest BCUT2D eigenvalue weighted by Gasteiger charge is 2.62. The van der Waals surface area contributed by atoms with Crippen LogP contribution in [0.4, 0.5) is 0 Å². The molecular weight excluding hydrogens is 364 g/mol. The number of hydrogen-bond acceptors (Lipinski definition) is 5. The summed E-state index contributed by atoms with van der Waals surface area (Å²) < 4.78 is 0. The summed E-state index contributed by atoms with van der Waals surface area (Å²) in [6, 6.07) is 0. The van der Waals surface area contributed by atoms with Gasteiger partial charge in [0.05, 0.1) is 0 Å². The fraction of sp³-hybridized carbons (Fsp3) is 0.875. The number of hydrogen-bond donors (Lipinski definition) is 0. The topological polar surface area (TPSA) is 59.0 Å². The molecule has 4 fully saturated rings. The molecule has 4 rings (SSSR count). The number of oxime groups is 1. The monoisotopic (exact) mass is 402 g/mol. The molecule has 0 unspecified atom stereocenters. The summed E-state index contributed by atoms with van der Waals surface area (Å²) in [6.45, 7) is 6.02. The molecule has 4 saturated carbocycles. The molecule has 7 atom stereocenters. The summed E-state index contributed by atoms with van der Waals surface area (Å²) in [5.74, 6) is 2.85. The second-order valence-corrected chi connectivity index (χ2v) is 10.9. The zero-order chi connectivity index (χ0) is 20.8. The quantitative estimate of drug-likeness (QED) is 0.397. The lowest BCUT2D eigenvalue weighted by molar-refractivity contribution is -0.156. The molecule has 0 saturated heterocycles. The molecule has 0 bridgehead atoms. The molecule has 0 spiro atoms. The SMILES string of the molecule is CN(C)CCO/N=C\[C@H]1CC[C@@]2(C)[C@H](C1)C(=O)C[C@@H]1[C@@H]2CC[C@]2(C)C(=O)CC[C@@H]12. The molecule has 5 nitrogen and oxygen atoms in total. The summed E-state index contributed by atoms with van der Waals surface area (Å²) in [4.78, 5) is 33.3. The van der Waals surface area contributed by atoms with Crippen molar-refractivity contribution in [1.82, 2.24) is 4.90 Å². The molecule has 0 aromatic carbocycles. The van der Waals surface area contributed by atoms with Crippen molar-refractivity contribution in [2.24, 2.45) is 45.6 Å². The van der Waals surface area contributed by atoms with Crippen molar-refractivity contribution >= 4 is 17.8 Å². The molecule has 4 aliphatic rings. The second kappa shape index (κ2) is 7.79. The Bertz CT molecular complexity index is 690. The summed E-state index contributed by atoms with van der Waals surface area (Å²) in [5, 5.41) is 4.19. The third-order valence-electron chi connectivity index (χ3n) is 9.18. The van der Waals surface area contributed by atoms with E-state index in [0.29, 0.717) is 48.3 Å². The first kappa shape index (κ1) is 21.0. The molecule has 5 heteroatoms. The van der Waals surface area contributed by atoms with Crippen LogP contribution in [0.2, 0.25) is 0 Å². The molecule has 0 aliphatic heterocycles. The highest BCUT2D eigenvalue weighted by atomic mass is 16.6. The van der Waals surface area contributed by atoms with Crippen LogP contribution in [0.5, 0.6) is 0 Å². The van der Waals surface area contributed by atoms with Gasteiger partial charge in [-0.05, 0) is 81.7 Å². The van der Waals surface area contributed by atoms with Gasteiger partial charge in [0.15, 0.2) is 0 Å². The van der Waals surface area contributed by atoms with E-state index in [-0.39, 0.29) is 16.7 Å². The van der Waals surface area contributed by atoms with E-state index in [1.54, 1.807) is 0 Å². The third-order valence-corrected chi connectivity index (χ3v) is 9.18. The molecule has 0 heterocycles. The van der Waals surface area contributed by atoms with Gasteiger partial charge in [-0.15, -0.1) is 0 Å². The smallest absolute Gasteiger partial charge is 0.139 e. The molecule has 162 valence electrons. The fourth-order valence-electron chi connectivity index (χ4n) is 7.38. The van der Waals surface area contributed by atoms with E-state index >= 15 is 0 Å². The van der Waals surface area contributed by atoms with Crippen LogP contribution in [0.15, 0.2) is 5.16 Å². The Morgan fingerprint density at radius 2 is 1.93 bits per heavy atom. The Morgan fingerprint density at radius 3 is 2.69 bits per heavy atom. The number of ketones is 2. The van der Waals surface area contributed by atoms with Gasteiger partial charge in [0.1, 0.15) is 18.2 Å². The first-order valence-corrected chi connectivity index (χ1v) is 11.6. The van der Waals surface area contributed by atoms with Crippen LogP contribution in [0.25, 0.3) is 0 Å². The van der Waals surface area contributed by atoms with Crippen molar-refractivity contribution in [1.29, 1.82) is 0 Å². The van der Waals surface area contributed by atoms with Crippen LogP contribution < -0.4 is 0 Å². The van der Waals surface area contributed by atoms with Crippen LogP contribution in [-0.4, -0.2) is 49.9 Å². The van der Waals surface area contributed by atoms with E-state index in [0.717, 1.165) is 51.5 Å². The average Bonchev–Trinajstić information content (AvgIpc) is 2.97. The normalized spacial score (nSPS) is 44.7. The van der Waals surface area contributed by atoms with Crippen molar-refractivity contribution < 1.29 is 14.4 Å². The molecular formula is C24H38N2O3. The van der Waals surface area contributed by atoms with Gasteiger partial charge in [-0.2, -0.15) is 0 Å². The van der Waals surface area contributed by atoms with Crippen LogP contribution in [0.1, 0.15) is 65.2 Å². The van der Waals surface area contributed by atoms with Crippen molar-refractivity contribution in [2.75, 3.05) is 27.2 Å². The van der Waals surface area contributed by atoms with Crippen molar-refractivity contribution in [3.63, 3.8) is 0 Å². The fourth-order valence-corrected chi connectivity index (χ4v) is 7.38. The van der Waals surface area contributed by atoms with E-state index in [1.165, 1.54) is 0 Å². The Morgan fingerprint density at radius 1 is 1.14 bits per heavy atom. The maximum atomic E-state index is 13.3. The molecule has 29 heavy (non-hydrogen) atoms. The largest absolute Gasteiger partial charge is 0.395 e. The second-order valence-electron chi connectivity index (χ2n) is 10.9. The number of likely N-dealkylation sites (N-methyl/N-ethyl adjacent to an activating group) is 1. The third kappa shape index (κ3) is 3.58. The molecule has 0 N–H and O–H groups in total. The number of fused-ring (bicyclic) bond motifs is 5. The lowest BCUT2D eigenvalue weighted by Crippen LogP contribution is -2.56. The van der Waals surface area contributed by atoms with Gasteiger partial charge in [0.25, 0.3) is 0 Å². The highest BCUT2D eigenvalue weighted by molar-refractivity contribution is 5.88. The molecule has 0 aromatic rings. The van der Waals surface area contributed by atoms with Gasteiger partial charge in [-0.3, -0.25) is 9.59 Å². The molecule has 0 radical (unpaired) electrons. The zero-order valence-electron chi connectivity index (χ0n) is 18.7. The van der Waals surface area contributed by atoms with Gasteiger partial charge in [0.2, 0.25) is 0 Å². The van der Waals surface area contributed by atoms with Crippen LogP contribution in [0, 0.1) is 40.4 Å². The first-order valence-electron chi connectivity index (χ1n) is 11.6. The van der Waals surface area contributed by atoms with E-state index in [9.17, 15) is 9.59 Å². The zero-order valence-corrected chi connectivity index (χ0v) is 18.7. The molecule has 4 aliphatic carbocycles. The minimum atomic E-state index is -0.154. The average molecular weight is 403 g/mol. The predicted molar refractivity (Wildman–Crippen MR) is 114 cm³/mol.